The lowest BCUT2D eigenvalue weighted by Crippen LogP contribution is -2.11. The van der Waals surface area contributed by atoms with E-state index in [4.69, 9.17) is 5.11 Å². The van der Waals surface area contributed by atoms with Gasteiger partial charge >= 0.3 is 12.1 Å². The third-order valence-corrected chi connectivity index (χ3v) is 2.78. The molecule has 0 bridgehead atoms. The smallest absolute Gasteiger partial charge is 0.416 e. The Hall–Kier alpha value is -2.18. The van der Waals surface area contributed by atoms with Gasteiger partial charge in [0.15, 0.2) is 0 Å². The second-order valence-electron chi connectivity index (χ2n) is 4.05. The molecule has 1 N–H and O–H groups in total. The molecule has 1 aromatic heterocycles. The quantitative estimate of drug-likeness (QED) is 0.911. The topological polar surface area (TPSA) is 63.1 Å². The van der Waals surface area contributed by atoms with Crippen molar-refractivity contribution in [2.24, 2.45) is 0 Å². The summed E-state index contributed by atoms with van der Waals surface area (Å²) in [5.74, 6) is -2.01. The fourth-order valence-electron chi connectivity index (χ4n) is 1.72. The predicted octanol–water partition coefficient (Wildman–Crippen LogP) is 2.84. The number of carboxylic acid groups (broad SMARTS) is 1. The molecule has 2 aromatic rings. The Labute approximate surface area is 105 Å². The minimum absolute atomic E-state index is 0.0768. The highest BCUT2D eigenvalue weighted by Crippen LogP contribution is 2.32. The maximum Gasteiger partial charge on any atom is 0.416 e. The summed E-state index contributed by atoms with van der Waals surface area (Å²) in [6, 6.07) is 2.98. The van der Waals surface area contributed by atoms with E-state index in [1.165, 1.54) is 13.0 Å². The number of nitrogens with zero attached hydrogens (tertiary/aromatic N) is 2. The molecule has 0 saturated carbocycles. The van der Waals surface area contributed by atoms with Crippen molar-refractivity contribution in [1.82, 2.24) is 9.97 Å². The summed E-state index contributed by atoms with van der Waals surface area (Å²) in [5.41, 5.74) is -0.549. The van der Waals surface area contributed by atoms with Crippen LogP contribution in [0.15, 0.2) is 24.5 Å². The van der Waals surface area contributed by atoms with Gasteiger partial charge in [0.05, 0.1) is 22.7 Å². The summed E-state index contributed by atoms with van der Waals surface area (Å²) < 4.78 is 37.7. The molecule has 19 heavy (non-hydrogen) atoms. The molecule has 2 rings (SSSR count). The van der Waals surface area contributed by atoms with Crippen molar-refractivity contribution in [2.75, 3.05) is 0 Å². The number of rotatable bonds is 2. The summed E-state index contributed by atoms with van der Waals surface area (Å²) in [5, 5.41) is 9.25. The first-order valence-corrected chi connectivity index (χ1v) is 5.35. The van der Waals surface area contributed by atoms with Crippen LogP contribution in [-0.2, 0) is 11.0 Å². The first-order chi connectivity index (χ1) is 8.80. The first-order valence-electron chi connectivity index (χ1n) is 5.35. The van der Waals surface area contributed by atoms with E-state index in [1.54, 1.807) is 0 Å². The Balaban J connectivity index is 2.62. The van der Waals surface area contributed by atoms with Crippen LogP contribution in [0.25, 0.3) is 10.9 Å². The van der Waals surface area contributed by atoms with Gasteiger partial charge in [-0.2, -0.15) is 13.2 Å². The van der Waals surface area contributed by atoms with Crippen molar-refractivity contribution in [3.05, 3.63) is 35.8 Å². The first kappa shape index (κ1) is 13.3. The highest BCUT2D eigenvalue weighted by atomic mass is 19.4. The molecule has 0 aliphatic heterocycles. The molecule has 7 heteroatoms. The third-order valence-electron chi connectivity index (χ3n) is 2.78. The van der Waals surface area contributed by atoms with Gasteiger partial charge in [0.1, 0.15) is 6.33 Å². The molecule has 4 nitrogen and oxygen atoms in total. The molecule has 1 atom stereocenters. The number of carbonyl (C=O) groups is 1. The molecule has 0 aliphatic rings. The number of carboxylic acids is 1. The Bertz CT molecular complexity index is 640. The van der Waals surface area contributed by atoms with E-state index in [2.05, 4.69) is 9.97 Å². The van der Waals surface area contributed by atoms with E-state index in [1.807, 2.05) is 0 Å². The van der Waals surface area contributed by atoms with Crippen molar-refractivity contribution >= 4 is 16.9 Å². The SMILES string of the molecule is CC(C(=O)O)c1ncnc2cc(C(F)(F)F)ccc12. The Morgan fingerprint density at radius 1 is 1.32 bits per heavy atom. The van der Waals surface area contributed by atoms with Crippen molar-refractivity contribution < 1.29 is 23.1 Å². The fourth-order valence-corrected chi connectivity index (χ4v) is 1.72. The van der Waals surface area contributed by atoms with Gasteiger partial charge in [0, 0.05) is 5.39 Å². The molecular weight excluding hydrogens is 261 g/mol. The van der Waals surface area contributed by atoms with Crippen LogP contribution in [-0.4, -0.2) is 21.0 Å². The Morgan fingerprint density at radius 3 is 2.58 bits per heavy atom. The summed E-state index contributed by atoms with van der Waals surface area (Å²) in [6.45, 7) is 1.42. The molecule has 0 spiro atoms. The van der Waals surface area contributed by atoms with Crippen LogP contribution in [0, 0.1) is 0 Å². The second kappa shape index (κ2) is 4.49. The Kier molecular flexibility index (Phi) is 3.13. The maximum absolute atomic E-state index is 12.6. The van der Waals surface area contributed by atoms with E-state index >= 15 is 0 Å². The summed E-state index contributed by atoms with van der Waals surface area (Å²) >= 11 is 0. The van der Waals surface area contributed by atoms with Crippen LogP contribution in [0.5, 0.6) is 0 Å². The molecule has 0 radical (unpaired) electrons. The van der Waals surface area contributed by atoms with E-state index in [0.29, 0.717) is 5.39 Å². The summed E-state index contributed by atoms with van der Waals surface area (Å²) in [7, 11) is 0. The van der Waals surface area contributed by atoms with Crippen LogP contribution in [0.3, 0.4) is 0 Å². The minimum Gasteiger partial charge on any atom is -0.481 e. The lowest BCUT2D eigenvalue weighted by atomic mass is 10.0. The van der Waals surface area contributed by atoms with Crippen molar-refractivity contribution in [3.63, 3.8) is 0 Å². The minimum atomic E-state index is -4.46. The number of aliphatic carboxylic acids is 1. The largest absolute Gasteiger partial charge is 0.481 e. The number of alkyl halides is 3. The van der Waals surface area contributed by atoms with Crippen molar-refractivity contribution in [3.8, 4) is 0 Å². The standard InChI is InChI=1S/C12H9F3N2O2/c1-6(11(18)19)10-8-3-2-7(12(13,14)15)4-9(8)16-5-17-10/h2-6H,1H3,(H,18,19). The summed E-state index contributed by atoms with van der Waals surface area (Å²) in [6.07, 6.45) is -3.39. The van der Waals surface area contributed by atoms with Gasteiger partial charge in [-0.15, -0.1) is 0 Å². The molecule has 1 aromatic carbocycles. The molecule has 1 unspecified atom stereocenters. The van der Waals surface area contributed by atoms with Gasteiger partial charge in [0.25, 0.3) is 0 Å². The molecule has 0 fully saturated rings. The number of benzene rings is 1. The molecule has 100 valence electrons. The zero-order valence-electron chi connectivity index (χ0n) is 9.77. The number of hydrogen-bond acceptors (Lipinski definition) is 3. The number of aromatic nitrogens is 2. The van der Waals surface area contributed by atoms with Crippen LogP contribution < -0.4 is 0 Å². The zero-order valence-corrected chi connectivity index (χ0v) is 9.77. The highest BCUT2D eigenvalue weighted by Gasteiger charge is 2.31. The maximum atomic E-state index is 12.6. The molecule has 0 amide bonds. The lowest BCUT2D eigenvalue weighted by molar-refractivity contribution is -0.139. The monoisotopic (exact) mass is 270 g/mol. The van der Waals surface area contributed by atoms with Crippen LogP contribution in [0.4, 0.5) is 13.2 Å². The van der Waals surface area contributed by atoms with Gasteiger partial charge in [-0.3, -0.25) is 4.79 Å². The van der Waals surface area contributed by atoms with Gasteiger partial charge in [-0.05, 0) is 19.1 Å². The number of halogens is 3. The summed E-state index contributed by atoms with van der Waals surface area (Å²) in [4.78, 5) is 18.5. The van der Waals surface area contributed by atoms with E-state index in [-0.39, 0.29) is 11.2 Å². The lowest BCUT2D eigenvalue weighted by Gasteiger charge is -2.11. The highest BCUT2D eigenvalue weighted by molar-refractivity contribution is 5.87. The van der Waals surface area contributed by atoms with Gasteiger partial charge in [0.2, 0.25) is 0 Å². The zero-order chi connectivity index (χ0) is 14.2. The fraction of sp³-hybridized carbons (Fsp3) is 0.250. The average molecular weight is 270 g/mol. The predicted molar refractivity (Wildman–Crippen MR) is 60.6 cm³/mol. The molecule has 0 aliphatic carbocycles. The van der Waals surface area contributed by atoms with Crippen LogP contribution in [0.1, 0.15) is 24.1 Å². The van der Waals surface area contributed by atoms with Crippen molar-refractivity contribution in [2.45, 2.75) is 19.0 Å². The normalized spacial score (nSPS) is 13.5. The molecule has 0 saturated heterocycles. The molecular formula is C12H9F3N2O2. The van der Waals surface area contributed by atoms with Crippen LogP contribution >= 0.6 is 0 Å². The van der Waals surface area contributed by atoms with E-state index < -0.39 is 23.6 Å². The second-order valence-corrected chi connectivity index (χ2v) is 4.05. The average Bonchev–Trinajstić information content (AvgIpc) is 2.35. The van der Waals surface area contributed by atoms with Gasteiger partial charge < -0.3 is 5.11 Å². The molecule has 1 heterocycles. The van der Waals surface area contributed by atoms with Crippen molar-refractivity contribution in [1.29, 1.82) is 0 Å². The number of hydrogen-bond donors (Lipinski definition) is 1. The van der Waals surface area contributed by atoms with Crippen LogP contribution in [0.2, 0.25) is 0 Å². The van der Waals surface area contributed by atoms with E-state index in [0.717, 1.165) is 18.5 Å². The van der Waals surface area contributed by atoms with Gasteiger partial charge in [-0.25, -0.2) is 9.97 Å². The third kappa shape index (κ3) is 2.49. The van der Waals surface area contributed by atoms with Gasteiger partial charge in [-0.1, -0.05) is 6.07 Å². The van der Waals surface area contributed by atoms with E-state index in [9.17, 15) is 18.0 Å². The number of fused-ring (bicyclic) bond motifs is 1. The Morgan fingerprint density at radius 2 is 2.00 bits per heavy atom.